The van der Waals surface area contributed by atoms with Crippen molar-refractivity contribution >= 4 is 29.4 Å². The molecule has 184 valence electrons. The van der Waals surface area contributed by atoms with Gasteiger partial charge in [0.05, 0.1) is 11.9 Å². The highest BCUT2D eigenvalue weighted by atomic mass is 35.5. The molecule has 1 aromatic heterocycles. The molecule has 4 rings (SSSR count). The number of aromatic amines is 1. The van der Waals surface area contributed by atoms with E-state index in [9.17, 15) is 4.79 Å². The molecule has 0 saturated carbocycles. The number of hydrazone groups is 1. The van der Waals surface area contributed by atoms with Crippen molar-refractivity contribution in [2.45, 2.75) is 20.5 Å². The van der Waals surface area contributed by atoms with Crippen LogP contribution in [0.25, 0.3) is 11.3 Å². The summed E-state index contributed by atoms with van der Waals surface area (Å²) in [5.41, 5.74) is 7.46. The number of rotatable bonds is 10. The van der Waals surface area contributed by atoms with Crippen molar-refractivity contribution in [3.63, 3.8) is 0 Å². The molecule has 0 spiro atoms. The number of ether oxygens (including phenoxy) is 1. The summed E-state index contributed by atoms with van der Waals surface area (Å²) in [6, 6.07) is 24.8. The van der Waals surface area contributed by atoms with Gasteiger partial charge in [-0.2, -0.15) is 10.2 Å². The summed E-state index contributed by atoms with van der Waals surface area (Å²) in [5.74, 6) is 0.370. The number of carbonyl (C=O) groups is 1. The Morgan fingerprint density at radius 3 is 2.39 bits per heavy atom. The van der Waals surface area contributed by atoms with Gasteiger partial charge in [0, 0.05) is 29.4 Å². The molecule has 4 aromatic rings. The zero-order chi connectivity index (χ0) is 25.3. The van der Waals surface area contributed by atoms with Crippen LogP contribution in [-0.4, -0.2) is 35.4 Å². The molecular weight excluding hydrogens is 474 g/mol. The van der Waals surface area contributed by atoms with Crippen LogP contribution in [0.3, 0.4) is 0 Å². The van der Waals surface area contributed by atoms with Crippen LogP contribution in [0, 0.1) is 0 Å². The molecular formula is C28H28ClN5O2. The van der Waals surface area contributed by atoms with Crippen LogP contribution in [0.15, 0.2) is 84.0 Å². The summed E-state index contributed by atoms with van der Waals surface area (Å²) in [4.78, 5) is 14.7. The highest BCUT2D eigenvalue weighted by Gasteiger charge is 2.11. The van der Waals surface area contributed by atoms with Gasteiger partial charge in [-0.15, -0.1) is 0 Å². The smallest absolute Gasteiger partial charge is 0.289 e. The largest absolute Gasteiger partial charge is 0.489 e. The van der Waals surface area contributed by atoms with E-state index in [1.807, 2.05) is 72.8 Å². The third-order valence-electron chi connectivity index (χ3n) is 5.69. The number of aromatic nitrogens is 2. The molecule has 0 aliphatic rings. The van der Waals surface area contributed by atoms with Gasteiger partial charge in [0.2, 0.25) is 0 Å². The van der Waals surface area contributed by atoms with E-state index in [1.54, 1.807) is 12.3 Å². The topological polar surface area (TPSA) is 82.6 Å². The third-order valence-corrected chi connectivity index (χ3v) is 5.94. The lowest BCUT2D eigenvalue weighted by molar-refractivity contribution is 0.0950. The van der Waals surface area contributed by atoms with Gasteiger partial charge >= 0.3 is 0 Å². The average molecular weight is 502 g/mol. The third kappa shape index (κ3) is 6.52. The monoisotopic (exact) mass is 501 g/mol. The standard InChI is InChI=1S/C28H28ClN5O2/c1-3-34(4-2)24-13-7-20(8-14-24)18-30-33-28(35)27-17-26(31-32-27)22-9-15-25(16-10-22)36-19-21-5-11-23(29)12-6-21/h5-18H,3-4,19H2,1-2H3,(H,31,32)(H,33,35)/b30-18-. The molecule has 2 N–H and O–H groups in total. The Hall–Kier alpha value is -4.10. The predicted octanol–water partition coefficient (Wildman–Crippen LogP) is 5.92. The second-order valence-electron chi connectivity index (χ2n) is 8.07. The molecule has 36 heavy (non-hydrogen) atoms. The molecule has 7 nitrogen and oxygen atoms in total. The van der Waals surface area contributed by atoms with Gasteiger partial charge in [-0.25, -0.2) is 5.43 Å². The minimum absolute atomic E-state index is 0.321. The molecule has 0 unspecified atom stereocenters. The number of amides is 1. The Bertz CT molecular complexity index is 1300. The Balaban J connectivity index is 1.30. The van der Waals surface area contributed by atoms with Gasteiger partial charge in [-0.05, 0) is 79.6 Å². The number of halogens is 1. The molecule has 0 saturated heterocycles. The first-order valence-electron chi connectivity index (χ1n) is 11.8. The van der Waals surface area contributed by atoms with Gasteiger partial charge < -0.3 is 9.64 Å². The minimum atomic E-state index is -0.368. The molecule has 1 amide bonds. The van der Waals surface area contributed by atoms with Crippen molar-refractivity contribution in [3.05, 3.63) is 101 Å². The highest BCUT2D eigenvalue weighted by molar-refractivity contribution is 6.30. The van der Waals surface area contributed by atoms with Crippen molar-refractivity contribution in [2.75, 3.05) is 18.0 Å². The number of hydrogen-bond acceptors (Lipinski definition) is 5. The predicted molar refractivity (Wildman–Crippen MR) is 145 cm³/mol. The summed E-state index contributed by atoms with van der Waals surface area (Å²) < 4.78 is 5.82. The summed E-state index contributed by atoms with van der Waals surface area (Å²) in [5, 5.41) is 11.8. The highest BCUT2D eigenvalue weighted by Crippen LogP contribution is 2.22. The van der Waals surface area contributed by atoms with E-state index in [0.29, 0.717) is 23.0 Å². The maximum absolute atomic E-state index is 12.5. The van der Waals surface area contributed by atoms with Crippen molar-refractivity contribution < 1.29 is 9.53 Å². The zero-order valence-corrected chi connectivity index (χ0v) is 21.0. The molecule has 8 heteroatoms. The van der Waals surface area contributed by atoms with Gasteiger partial charge in [0.15, 0.2) is 0 Å². The first-order valence-corrected chi connectivity index (χ1v) is 12.1. The molecule has 0 radical (unpaired) electrons. The van der Waals surface area contributed by atoms with Crippen LogP contribution in [0.5, 0.6) is 5.75 Å². The maximum Gasteiger partial charge on any atom is 0.289 e. The Morgan fingerprint density at radius 2 is 1.72 bits per heavy atom. The van der Waals surface area contributed by atoms with Gasteiger partial charge in [0.1, 0.15) is 18.1 Å². The van der Waals surface area contributed by atoms with Crippen LogP contribution in [0.1, 0.15) is 35.5 Å². The maximum atomic E-state index is 12.5. The van der Waals surface area contributed by atoms with E-state index < -0.39 is 0 Å². The SMILES string of the molecule is CCN(CC)c1ccc(/C=N\NC(=O)c2cc(-c3ccc(OCc4ccc(Cl)cc4)cc3)n[nH]2)cc1. The van der Waals surface area contributed by atoms with Gasteiger partial charge in [0.25, 0.3) is 5.91 Å². The van der Waals surface area contributed by atoms with E-state index in [1.165, 1.54) is 0 Å². The van der Waals surface area contributed by atoms with Crippen molar-refractivity contribution in [1.82, 2.24) is 15.6 Å². The molecule has 0 aliphatic heterocycles. The van der Waals surface area contributed by atoms with Crippen LogP contribution in [0.2, 0.25) is 5.02 Å². The van der Waals surface area contributed by atoms with Crippen LogP contribution in [-0.2, 0) is 6.61 Å². The lowest BCUT2D eigenvalue weighted by Crippen LogP contribution is -2.21. The lowest BCUT2D eigenvalue weighted by Gasteiger charge is -2.20. The molecule has 1 heterocycles. The number of benzene rings is 3. The Morgan fingerprint density at radius 1 is 1.03 bits per heavy atom. The molecule has 3 aromatic carbocycles. The second kappa shape index (κ2) is 12.0. The Labute approximate surface area is 215 Å². The summed E-state index contributed by atoms with van der Waals surface area (Å²) in [7, 11) is 0. The van der Waals surface area contributed by atoms with E-state index in [4.69, 9.17) is 16.3 Å². The number of nitrogens with zero attached hydrogens (tertiary/aromatic N) is 3. The molecule has 0 atom stereocenters. The van der Waals surface area contributed by atoms with E-state index in [2.05, 4.69) is 39.5 Å². The van der Waals surface area contributed by atoms with Crippen LogP contribution >= 0.6 is 11.6 Å². The summed E-state index contributed by atoms with van der Waals surface area (Å²) >= 11 is 5.92. The Kier molecular flexibility index (Phi) is 8.36. The normalized spacial score (nSPS) is 11.0. The number of carbonyl (C=O) groups excluding carboxylic acids is 1. The van der Waals surface area contributed by atoms with Crippen molar-refractivity contribution in [3.8, 4) is 17.0 Å². The average Bonchev–Trinajstić information content (AvgIpc) is 3.41. The first kappa shape index (κ1) is 25.0. The second-order valence-corrected chi connectivity index (χ2v) is 8.51. The molecule has 0 aliphatic carbocycles. The first-order chi connectivity index (χ1) is 17.6. The van der Waals surface area contributed by atoms with Gasteiger partial charge in [-0.1, -0.05) is 35.9 Å². The lowest BCUT2D eigenvalue weighted by atomic mass is 10.1. The quantitative estimate of drug-likeness (QED) is 0.209. The molecule has 0 fully saturated rings. The number of anilines is 1. The van der Waals surface area contributed by atoms with E-state index in [0.717, 1.165) is 41.2 Å². The number of H-pyrrole nitrogens is 1. The van der Waals surface area contributed by atoms with Gasteiger partial charge in [-0.3, -0.25) is 9.89 Å². The summed E-state index contributed by atoms with van der Waals surface area (Å²) in [6.07, 6.45) is 1.62. The van der Waals surface area contributed by atoms with Crippen LogP contribution in [0.4, 0.5) is 5.69 Å². The van der Waals surface area contributed by atoms with Crippen molar-refractivity contribution in [2.24, 2.45) is 5.10 Å². The van der Waals surface area contributed by atoms with Crippen molar-refractivity contribution in [1.29, 1.82) is 0 Å². The molecule has 0 bridgehead atoms. The van der Waals surface area contributed by atoms with E-state index >= 15 is 0 Å². The fourth-order valence-corrected chi connectivity index (χ4v) is 3.77. The zero-order valence-electron chi connectivity index (χ0n) is 20.2. The minimum Gasteiger partial charge on any atom is -0.489 e. The van der Waals surface area contributed by atoms with E-state index in [-0.39, 0.29) is 5.91 Å². The number of hydrogen-bond donors (Lipinski definition) is 2. The summed E-state index contributed by atoms with van der Waals surface area (Å²) in [6.45, 7) is 6.61. The number of nitrogens with one attached hydrogen (secondary N) is 2. The fraction of sp³-hybridized carbons (Fsp3) is 0.179. The fourth-order valence-electron chi connectivity index (χ4n) is 3.64. The van der Waals surface area contributed by atoms with Crippen LogP contribution < -0.4 is 15.1 Å².